The zero-order chi connectivity index (χ0) is 17.0. The molecule has 0 aromatic heterocycles. The van der Waals surface area contributed by atoms with E-state index < -0.39 is 5.91 Å². The first-order valence-electron chi connectivity index (χ1n) is 6.66. The van der Waals surface area contributed by atoms with Crippen molar-refractivity contribution in [1.29, 1.82) is 0 Å². The minimum absolute atomic E-state index is 0.217. The Morgan fingerprint density at radius 2 is 1.65 bits per heavy atom. The van der Waals surface area contributed by atoms with Crippen LogP contribution >= 0.6 is 34.8 Å². The minimum Gasteiger partial charge on any atom is -0.324 e. The highest BCUT2D eigenvalue weighted by atomic mass is 35.5. The monoisotopic (exact) mass is 370 g/mol. The predicted molar refractivity (Wildman–Crippen MR) is 94.6 cm³/mol. The third-order valence-corrected chi connectivity index (χ3v) is 3.84. The number of hydrogen-bond donors (Lipinski definition) is 1. The van der Waals surface area contributed by atoms with Crippen molar-refractivity contribution >= 4 is 58.0 Å². The van der Waals surface area contributed by atoms with Gasteiger partial charge in [-0.15, -0.1) is 0 Å². The Kier molecular flexibility index (Phi) is 5.88. The summed E-state index contributed by atoms with van der Waals surface area (Å²) in [6, 6.07) is 11.6. The van der Waals surface area contributed by atoms with Crippen LogP contribution in [0.5, 0.6) is 0 Å². The van der Waals surface area contributed by atoms with Crippen molar-refractivity contribution in [2.75, 3.05) is 16.8 Å². The van der Waals surface area contributed by atoms with Crippen LogP contribution in [0.4, 0.5) is 11.4 Å². The molecule has 0 heterocycles. The normalized spacial score (nSPS) is 10.3. The molecule has 4 nitrogen and oxygen atoms in total. The Balaban J connectivity index is 2.20. The lowest BCUT2D eigenvalue weighted by atomic mass is 10.2. The summed E-state index contributed by atoms with van der Waals surface area (Å²) in [5.41, 5.74) is 0.848. The lowest BCUT2D eigenvalue weighted by Crippen LogP contribution is -2.37. The van der Waals surface area contributed by atoms with Crippen molar-refractivity contribution in [3.63, 3.8) is 0 Å². The van der Waals surface area contributed by atoms with Crippen molar-refractivity contribution in [3.05, 3.63) is 57.5 Å². The Morgan fingerprint density at radius 1 is 1.04 bits per heavy atom. The summed E-state index contributed by atoms with van der Waals surface area (Å²) in [6.07, 6.45) is 0. The molecular weight excluding hydrogens is 359 g/mol. The first kappa shape index (κ1) is 17.6. The average molecular weight is 372 g/mol. The summed E-state index contributed by atoms with van der Waals surface area (Å²) in [5, 5.41) is 3.76. The molecule has 0 aliphatic carbocycles. The second kappa shape index (κ2) is 7.68. The Morgan fingerprint density at radius 3 is 2.22 bits per heavy atom. The zero-order valence-corrected chi connectivity index (χ0v) is 14.4. The van der Waals surface area contributed by atoms with Gasteiger partial charge in [0.05, 0.1) is 15.7 Å². The van der Waals surface area contributed by atoms with Crippen molar-refractivity contribution in [3.8, 4) is 0 Å². The molecule has 23 heavy (non-hydrogen) atoms. The van der Waals surface area contributed by atoms with E-state index in [2.05, 4.69) is 5.32 Å². The summed E-state index contributed by atoms with van der Waals surface area (Å²) in [7, 11) is 0. The molecule has 2 rings (SSSR count). The molecule has 2 aromatic rings. The lowest BCUT2D eigenvalue weighted by molar-refractivity contribution is -0.120. The maximum absolute atomic E-state index is 12.2. The van der Waals surface area contributed by atoms with Gasteiger partial charge in [-0.1, -0.05) is 46.9 Å². The SMILES string of the molecule is CC(=O)N(CC(=O)Nc1cccc(Cl)c1)c1c(Cl)cccc1Cl. The number of nitrogens with zero attached hydrogens (tertiary/aromatic N) is 1. The molecule has 2 amide bonds. The van der Waals surface area contributed by atoms with E-state index in [1.807, 2.05) is 0 Å². The van der Waals surface area contributed by atoms with Crippen LogP contribution in [0.3, 0.4) is 0 Å². The Bertz CT molecular complexity index is 730. The van der Waals surface area contributed by atoms with E-state index in [1.54, 1.807) is 42.5 Å². The summed E-state index contributed by atoms with van der Waals surface area (Å²) < 4.78 is 0. The van der Waals surface area contributed by atoms with Gasteiger partial charge in [-0.05, 0) is 30.3 Å². The zero-order valence-electron chi connectivity index (χ0n) is 12.1. The second-order valence-electron chi connectivity index (χ2n) is 4.73. The molecule has 0 bridgehead atoms. The summed E-state index contributed by atoms with van der Waals surface area (Å²) in [4.78, 5) is 25.3. The molecule has 7 heteroatoms. The van der Waals surface area contributed by atoms with Crippen molar-refractivity contribution in [2.24, 2.45) is 0 Å². The molecule has 0 atom stereocenters. The second-order valence-corrected chi connectivity index (χ2v) is 5.98. The molecule has 0 saturated carbocycles. The van der Waals surface area contributed by atoms with Gasteiger partial charge in [0.2, 0.25) is 11.8 Å². The molecule has 1 N–H and O–H groups in total. The van der Waals surface area contributed by atoms with Gasteiger partial charge in [0.25, 0.3) is 0 Å². The number of carbonyl (C=O) groups is 2. The predicted octanol–water partition coefficient (Wildman–Crippen LogP) is 4.64. The Labute approximate surface area is 148 Å². The first-order valence-corrected chi connectivity index (χ1v) is 7.79. The largest absolute Gasteiger partial charge is 0.324 e. The molecular formula is C16H13Cl3N2O2. The van der Waals surface area contributed by atoms with Crippen LogP contribution in [0.1, 0.15) is 6.92 Å². The molecule has 0 radical (unpaired) electrons. The van der Waals surface area contributed by atoms with Gasteiger partial charge < -0.3 is 10.2 Å². The quantitative estimate of drug-likeness (QED) is 0.851. The summed E-state index contributed by atoms with van der Waals surface area (Å²) in [6.45, 7) is 1.12. The number of hydrogen-bond acceptors (Lipinski definition) is 2. The number of nitrogens with one attached hydrogen (secondary N) is 1. The van der Waals surface area contributed by atoms with Crippen LogP contribution in [0.15, 0.2) is 42.5 Å². The molecule has 0 aliphatic rings. The maximum atomic E-state index is 12.2. The average Bonchev–Trinajstić information content (AvgIpc) is 2.45. The number of benzene rings is 2. The van der Waals surface area contributed by atoms with E-state index in [0.29, 0.717) is 26.4 Å². The van der Waals surface area contributed by atoms with Gasteiger partial charge in [0.15, 0.2) is 0 Å². The number of halogens is 3. The minimum atomic E-state index is -0.390. The topological polar surface area (TPSA) is 49.4 Å². The van der Waals surface area contributed by atoms with Crippen molar-refractivity contribution in [1.82, 2.24) is 0 Å². The van der Waals surface area contributed by atoms with E-state index in [9.17, 15) is 9.59 Å². The fraction of sp³-hybridized carbons (Fsp3) is 0.125. The maximum Gasteiger partial charge on any atom is 0.244 e. The number of para-hydroxylation sites is 1. The number of amides is 2. The van der Waals surface area contributed by atoms with Crippen LogP contribution in [0, 0.1) is 0 Å². The third kappa shape index (κ3) is 4.61. The molecule has 2 aromatic carbocycles. The lowest BCUT2D eigenvalue weighted by Gasteiger charge is -2.23. The highest BCUT2D eigenvalue weighted by Gasteiger charge is 2.21. The van der Waals surface area contributed by atoms with Gasteiger partial charge in [0.1, 0.15) is 6.54 Å². The fourth-order valence-electron chi connectivity index (χ4n) is 2.01. The van der Waals surface area contributed by atoms with E-state index in [4.69, 9.17) is 34.8 Å². The molecule has 0 saturated heterocycles. The van der Waals surface area contributed by atoms with E-state index in [-0.39, 0.29) is 12.5 Å². The smallest absolute Gasteiger partial charge is 0.244 e. The van der Waals surface area contributed by atoms with Crippen molar-refractivity contribution < 1.29 is 9.59 Å². The van der Waals surface area contributed by atoms with Gasteiger partial charge in [0, 0.05) is 17.6 Å². The molecule has 120 valence electrons. The number of anilines is 2. The van der Waals surface area contributed by atoms with Crippen LogP contribution in [-0.2, 0) is 9.59 Å². The Hall–Kier alpha value is -1.75. The van der Waals surface area contributed by atoms with E-state index in [0.717, 1.165) is 0 Å². The molecule has 0 fully saturated rings. The highest BCUT2D eigenvalue weighted by Crippen LogP contribution is 2.33. The highest BCUT2D eigenvalue weighted by molar-refractivity contribution is 6.40. The summed E-state index contributed by atoms with van der Waals surface area (Å²) >= 11 is 18.1. The van der Waals surface area contributed by atoms with E-state index in [1.165, 1.54) is 11.8 Å². The third-order valence-electron chi connectivity index (χ3n) is 3.00. The van der Waals surface area contributed by atoms with Crippen LogP contribution in [0.2, 0.25) is 15.1 Å². The van der Waals surface area contributed by atoms with Gasteiger partial charge >= 0.3 is 0 Å². The summed E-state index contributed by atoms with van der Waals surface area (Å²) in [5.74, 6) is -0.736. The van der Waals surface area contributed by atoms with Crippen LogP contribution in [-0.4, -0.2) is 18.4 Å². The standard InChI is InChI=1S/C16H13Cl3N2O2/c1-10(22)21(16-13(18)6-3-7-14(16)19)9-15(23)20-12-5-2-4-11(17)8-12/h2-8H,9H2,1H3,(H,20,23). The van der Waals surface area contributed by atoms with Crippen LogP contribution in [0.25, 0.3) is 0 Å². The van der Waals surface area contributed by atoms with Gasteiger partial charge in [-0.3, -0.25) is 9.59 Å². The van der Waals surface area contributed by atoms with Gasteiger partial charge in [-0.25, -0.2) is 0 Å². The van der Waals surface area contributed by atoms with Crippen LogP contribution < -0.4 is 10.2 Å². The van der Waals surface area contributed by atoms with Crippen molar-refractivity contribution in [2.45, 2.75) is 6.92 Å². The molecule has 0 spiro atoms. The van der Waals surface area contributed by atoms with E-state index >= 15 is 0 Å². The molecule has 0 unspecified atom stereocenters. The van der Waals surface area contributed by atoms with Gasteiger partial charge in [-0.2, -0.15) is 0 Å². The fourth-order valence-corrected chi connectivity index (χ4v) is 2.80. The number of rotatable bonds is 4. The molecule has 0 aliphatic heterocycles. The number of carbonyl (C=O) groups excluding carboxylic acids is 2. The first-order chi connectivity index (χ1) is 10.9.